The zero-order valence-corrected chi connectivity index (χ0v) is 12.8. The number of hydrogen-bond donors (Lipinski definition) is 1. The minimum Gasteiger partial charge on any atom is -0.374 e. The van der Waals surface area contributed by atoms with E-state index >= 15 is 0 Å². The third-order valence-electron chi connectivity index (χ3n) is 2.87. The fourth-order valence-corrected chi connectivity index (χ4v) is 2.15. The molecule has 0 fully saturated rings. The minimum absolute atomic E-state index is 0.748. The van der Waals surface area contributed by atoms with Crippen molar-refractivity contribution in [2.24, 2.45) is 5.92 Å². The van der Waals surface area contributed by atoms with E-state index in [9.17, 15) is 0 Å². The Hall–Kier alpha value is -0.540. The van der Waals surface area contributed by atoms with Crippen LogP contribution in [0.15, 0.2) is 22.7 Å². The van der Waals surface area contributed by atoms with E-state index in [0.29, 0.717) is 0 Å². The molecule has 0 aromatic heterocycles. The molecule has 0 heterocycles. The molecular formula is C14H23BrN2. The molecule has 1 aromatic carbocycles. The minimum atomic E-state index is 0.748. The molecule has 0 spiro atoms. The van der Waals surface area contributed by atoms with Crippen LogP contribution in [0.1, 0.15) is 25.8 Å². The molecule has 0 saturated carbocycles. The van der Waals surface area contributed by atoms with E-state index < -0.39 is 0 Å². The summed E-state index contributed by atoms with van der Waals surface area (Å²) in [6.07, 6.45) is 1.22. The predicted molar refractivity (Wildman–Crippen MR) is 79.6 cm³/mol. The summed E-state index contributed by atoms with van der Waals surface area (Å²) in [5, 5.41) is 3.22. The van der Waals surface area contributed by atoms with Crippen LogP contribution in [0.2, 0.25) is 0 Å². The van der Waals surface area contributed by atoms with E-state index in [0.717, 1.165) is 23.5 Å². The second-order valence-electron chi connectivity index (χ2n) is 4.91. The van der Waals surface area contributed by atoms with Gasteiger partial charge in [0, 0.05) is 30.3 Å². The average molecular weight is 299 g/mol. The first-order chi connectivity index (χ1) is 8.04. The summed E-state index contributed by atoms with van der Waals surface area (Å²) in [5.74, 6) is 0.748. The second kappa shape index (κ2) is 7.02. The van der Waals surface area contributed by atoms with Gasteiger partial charge in [0.25, 0.3) is 0 Å². The Bertz CT molecular complexity index is 350. The third-order valence-corrected chi connectivity index (χ3v) is 3.36. The molecular weight excluding hydrogens is 276 g/mol. The highest BCUT2D eigenvalue weighted by atomic mass is 79.9. The highest BCUT2D eigenvalue weighted by molar-refractivity contribution is 9.10. The van der Waals surface area contributed by atoms with Crippen LogP contribution in [0.5, 0.6) is 0 Å². The van der Waals surface area contributed by atoms with Gasteiger partial charge in [0.05, 0.1) is 0 Å². The normalized spacial score (nSPS) is 10.9. The second-order valence-corrected chi connectivity index (χ2v) is 5.82. The Morgan fingerprint density at radius 2 is 2.06 bits per heavy atom. The van der Waals surface area contributed by atoms with Crippen LogP contribution in [0, 0.1) is 5.92 Å². The first-order valence-electron chi connectivity index (χ1n) is 6.18. The van der Waals surface area contributed by atoms with Crippen LogP contribution in [-0.2, 0) is 6.54 Å². The number of anilines is 1. The maximum atomic E-state index is 3.55. The SMILES string of the molecule is CNCc1ccc(Br)cc1N(C)CCC(C)C. The van der Waals surface area contributed by atoms with Crippen molar-refractivity contribution < 1.29 is 0 Å². The molecule has 1 aromatic rings. The smallest absolute Gasteiger partial charge is 0.0420 e. The van der Waals surface area contributed by atoms with Crippen LogP contribution in [0.25, 0.3) is 0 Å². The topological polar surface area (TPSA) is 15.3 Å². The van der Waals surface area contributed by atoms with E-state index in [-0.39, 0.29) is 0 Å². The van der Waals surface area contributed by atoms with Gasteiger partial charge in [-0.15, -0.1) is 0 Å². The quantitative estimate of drug-likeness (QED) is 0.862. The van der Waals surface area contributed by atoms with E-state index in [1.54, 1.807) is 0 Å². The number of rotatable bonds is 6. The molecule has 0 bridgehead atoms. The van der Waals surface area contributed by atoms with Gasteiger partial charge in [0.1, 0.15) is 0 Å². The lowest BCUT2D eigenvalue weighted by atomic mass is 10.1. The Balaban J connectivity index is 2.81. The van der Waals surface area contributed by atoms with Crippen LogP contribution in [0.3, 0.4) is 0 Å². The lowest BCUT2D eigenvalue weighted by molar-refractivity contribution is 0.584. The molecule has 17 heavy (non-hydrogen) atoms. The van der Waals surface area contributed by atoms with Crippen LogP contribution < -0.4 is 10.2 Å². The number of nitrogens with zero attached hydrogens (tertiary/aromatic N) is 1. The molecule has 0 aliphatic rings. The van der Waals surface area contributed by atoms with E-state index in [2.05, 4.69) is 65.2 Å². The van der Waals surface area contributed by atoms with Crippen molar-refractivity contribution in [1.29, 1.82) is 0 Å². The lowest BCUT2D eigenvalue weighted by Crippen LogP contribution is -2.22. The Kier molecular flexibility index (Phi) is 6.00. The molecule has 0 radical (unpaired) electrons. The third kappa shape index (κ3) is 4.68. The van der Waals surface area contributed by atoms with Crippen molar-refractivity contribution >= 4 is 21.6 Å². The molecule has 0 amide bonds. The van der Waals surface area contributed by atoms with Crippen molar-refractivity contribution in [3.63, 3.8) is 0 Å². The number of nitrogens with one attached hydrogen (secondary N) is 1. The highest BCUT2D eigenvalue weighted by Crippen LogP contribution is 2.25. The summed E-state index contributed by atoms with van der Waals surface area (Å²) in [7, 11) is 4.16. The molecule has 0 aliphatic heterocycles. The summed E-state index contributed by atoms with van der Waals surface area (Å²) in [6.45, 7) is 6.55. The van der Waals surface area contributed by atoms with Gasteiger partial charge in [-0.1, -0.05) is 35.8 Å². The zero-order valence-electron chi connectivity index (χ0n) is 11.3. The number of halogens is 1. The van der Waals surface area contributed by atoms with Crippen molar-refractivity contribution in [2.75, 3.05) is 25.5 Å². The Labute approximate surface area is 114 Å². The van der Waals surface area contributed by atoms with Crippen LogP contribution in [-0.4, -0.2) is 20.6 Å². The summed E-state index contributed by atoms with van der Waals surface area (Å²) < 4.78 is 1.14. The van der Waals surface area contributed by atoms with Gasteiger partial charge in [-0.2, -0.15) is 0 Å². The maximum absolute atomic E-state index is 3.55. The Morgan fingerprint density at radius 1 is 1.35 bits per heavy atom. The fraction of sp³-hybridized carbons (Fsp3) is 0.571. The number of hydrogen-bond acceptors (Lipinski definition) is 2. The largest absolute Gasteiger partial charge is 0.374 e. The van der Waals surface area contributed by atoms with Crippen molar-refractivity contribution in [2.45, 2.75) is 26.8 Å². The molecule has 0 atom stereocenters. The predicted octanol–water partition coefficient (Wildman–Crippen LogP) is 3.65. The summed E-state index contributed by atoms with van der Waals surface area (Å²) in [6, 6.07) is 6.49. The van der Waals surface area contributed by atoms with Crippen molar-refractivity contribution in [3.8, 4) is 0 Å². The molecule has 0 saturated heterocycles. The molecule has 96 valence electrons. The van der Waals surface area contributed by atoms with Gasteiger partial charge in [-0.05, 0) is 37.1 Å². The Morgan fingerprint density at radius 3 is 2.65 bits per heavy atom. The average Bonchev–Trinajstić information content (AvgIpc) is 2.28. The maximum Gasteiger partial charge on any atom is 0.0420 e. The molecule has 3 heteroatoms. The lowest BCUT2D eigenvalue weighted by Gasteiger charge is -2.23. The summed E-state index contributed by atoms with van der Waals surface area (Å²) in [5.41, 5.74) is 2.66. The summed E-state index contributed by atoms with van der Waals surface area (Å²) >= 11 is 3.55. The molecule has 0 unspecified atom stereocenters. The first kappa shape index (κ1) is 14.5. The summed E-state index contributed by atoms with van der Waals surface area (Å²) in [4.78, 5) is 2.34. The molecule has 1 rings (SSSR count). The van der Waals surface area contributed by atoms with E-state index in [4.69, 9.17) is 0 Å². The number of benzene rings is 1. The van der Waals surface area contributed by atoms with E-state index in [1.807, 2.05) is 7.05 Å². The van der Waals surface area contributed by atoms with Gasteiger partial charge < -0.3 is 10.2 Å². The van der Waals surface area contributed by atoms with Crippen LogP contribution >= 0.6 is 15.9 Å². The van der Waals surface area contributed by atoms with Crippen molar-refractivity contribution in [1.82, 2.24) is 5.32 Å². The highest BCUT2D eigenvalue weighted by Gasteiger charge is 2.08. The molecule has 1 N–H and O–H groups in total. The molecule has 2 nitrogen and oxygen atoms in total. The zero-order chi connectivity index (χ0) is 12.8. The van der Waals surface area contributed by atoms with Gasteiger partial charge in [0.2, 0.25) is 0 Å². The monoisotopic (exact) mass is 298 g/mol. The van der Waals surface area contributed by atoms with Gasteiger partial charge in [-0.3, -0.25) is 0 Å². The van der Waals surface area contributed by atoms with Gasteiger partial charge >= 0.3 is 0 Å². The van der Waals surface area contributed by atoms with Gasteiger partial charge in [-0.25, -0.2) is 0 Å². The van der Waals surface area contributed by atoms with Crippen LogP contribution in [0.4, 0.5) is 5.69 Å². The standard InChI is InChI=1S/C14H23BrN2/c1-11(2)7-8-17(4)14-9-13(15)6-5-12(14)10-16-3/h5-6,9,11,16H,7-8,10H2,1-4H3. The first-order valence-corrected chi connectivity index (χ1v) is 6.98. The fourth-order valence-electron chi connectivity index (χ4n) is 1.80. The van der Waals surface area contributed by atoms with E-state index in [1.165, 1.54) is 17.7 Å². The molecule has 0 aliphatic carbocycles. The van der Waals surface area contributed by atoms with Crippen molar-refractivity contribution in [3.05, 3.63) is 28.2 Å². The van der Waals surface area contributed by atoms with Gasteiger partial charge in [0.15, 0.2) is 0 Å².